The molecule has 2 bridgehead atoms. The van der Waals surface area contributed by atoms with Crippen molar-refractivity contribution in [2.45, 2.75) is 57.8 Å². The number of aromatic nitrogens is 1. The molecule has 1 aromatic carbocycles. The van der Waals surface area contributed by atoms with E-state index in [0.717, 1.165) is 29.5 Å². The number of nitrogens with one attached hydrogen (secondary N) is 3. The number of hydrogen-bond donors (Lipinski definition) is 3. The lowest BCUT2D eigenvalue weighted by Crippen LogP contribution is -2.50. The van der Waals surface area contributed by atoms with Crippen LogP contribution >= 0.6 is 0 Å². The highest BCUT2D eigenvalue weighted by Crippen LogP contribution is 2.44. The summed E-state index contributed by atoms with van der Waals surface area (Å²) in [6, 6.07) is 8.39. The van der Waals surface area contributed by atoms with Crippen molar-refractivity contribution >= 4 is 28.6 Å². The number of aromatic amines is 1. The molecule has 7 nitrogen and oxygen atoms in total. The predicted octanol–water partition coefficient (Wildman–Crippen LogP) is 3.39. The average molecular weight is 458 g/mol. The van der Waals surface area contributed by atoms with Crippen LogP contribution in [0.25, 0.3) is 10.9 Å². The summed E-state index contributed by atoms with van der Waals surface area (Å²) in [4.78, 5) is 35.1. The van der Waals surface area contributed by atoms with Crippen LogP contribution in [0.4, 0.5) is 0 Å². The Bertz CT molecular complexity index is 1220. The Hall–Kier alpha value is -3.19. The van der Waals surface area contributed by atoms with Gasteiger partial charge in [0.1, 0.15) is 11.9 Å². The van der Waals surface area contributed by atoms with Crippen molar-refractivity contribution in [1.82, 2.24) is 20.5 Å². The van der Waals surface area contributed by atoms with Crippen LogP contribution in [0.15, 0.2) is 53.7 Å². The normalized spacial score (nSPS) is 29.6. The van der Waals surface area contributed by atoms with E-state index in [1.807, 2.05) is 12.1 Å². The van der Waals surface area contributed by atoms with E-state index in [1.54, 1.807) is 25.3 Å². The molecule has 0 saturated heterocycles. The fraction of sp³-hybridized carbons (Fsp3) is 0.444. The van der Waals surface area contributed by atoms with Gasteiger partial charge in [0, 0.05) is 36.5 Å². The third-order valence-corrected chi connectivity index (χ3v) is 7.98. The third-order valence-electron chi connectivity index (χ3n) is 7.98. The van der Waals surface area contributed by atoms with Crippen molar-refractivity contribution in [3.05, 3.63) is 60.0 Å². The van der Waals surface area contributed by atoms with Crippen LogP contribution in [-0.4, -0.2) is 39.6 Å². The molecule has 0 radical (unpaired) electrons. The summed E-state index contributed by atoms with van der Waals surface area (Å²) in [5, 5.41) is 7.92. The van der Waals surface area contributed by atoms with Gasteiger partial charge in [-0.25, -0.2) is 0 Å². The minimum absolute atomic E-state index is 0.106. The summed E-state index contributed by atoms with van der Waals surface area (Å²) >= 11 is 0. The zero-order valence-corrected chi connectivity index (χ0v) is 19.5. The van der Waals surface area contributed by atoms with E-state index in [2.05, 4.69) is 38.8 Å². The first-order valence-electron chi connectivity index (χ1n) is 12.4. The van der Waals surface area contributed by atoms with Crippen LogP contribution in [0.3, 0.4) is 0 Å². The van der Waals surface area contributed by atoms with E-state index in [4.69, 9.17) is 0 Å². The lowest BCUT2D eigenvalue weighted by atomic mass is 9.95. The highest BCUT2D eigenvalue weighted by Gasteiger charge is 2.39. The van der Waals surface area contributed by atoms with Crippen molar-refractivity contribution in [2.24, 2.45) is 22.7 Å². The highest BCUT2D eigenvalue weighted by molar-refractivity contribution is 6.11. The van der Waals surface area contributed by atoms with Crippen LogP contribution in [0.1, 0.15) is 43.9 Å². The quantitative estimate of drug-likeness (QED) is 0.621. The van der Waals surface area contributed by atoms with Gasteiger partial charge < -0.3 is 15.6 Å². The molecule has 6 rings (SSSR count). The van der Waals surface area contributed by atoms with Gasteiger partial charge in [-0.15, -0.1) is 0 Å². The van der Waals surface area contributed by atoms with E-state index < -0.39 is 12.0 Å². The minimum atomic E-state index is -0.715. The first-order chi connectivity index (χ1) is 16.5. The Labute approximate surface area is 199 Å². The molecule has 34 heavy (non-hydrogen) atoms. The monoisotopic (exact) mass is 457 g/mol. The summed E-state index contributed by atoms with van der Waals surface area (Å²) in [6.07, 6.45) is 12.6. The molecule has 3 heterocycles. The number of rotatable bonds is 6. The second-order valence-corrected chi connectivity index (χ2v) is 10.2. The van der Waals surface area contributed by atoms with Gasteiger partial charge in [0.25, 0.3) is 0 Å². The minimum Gasteiger partial charge on any atom is -0.357 e. The van der Waals surface area contributed by atoms with Gasteiger partial charge in [-0.05, 0) is 66.3 Å². The fourth-order valence-electron chi connectivity index (χ4n) is 6.09. The molecule has 2 aliphatic carbocycles. The van der Waals surface area contributed by atoms with Gasteiger partial charge >= 0.3 is 0 Å². The predicted molar refractivity (Wildman–Crippen MR) is 132 cm³/mol. The largest absolute Gasteiger partial charge is 0.357 e. The number of carbonyl (C=O) groups is 2. The number of H-pyrrole nitrogens is 1. The molecule has 2 fully saturated rings. The maximum Gasteiger partial charge on any atom is 0.245 e. The second-order valence-electron chi connectivity index (χ2n) is 10.2. The lowest BCUT2D eigenvalue weighted by Gasteiger charge is -2.32. The third kappa shape index (κ3) is 3.88. The summed E-state index contributed by atoms with van der Waals surface area (Å²) in [6.45, 7) is 3.02. The molecule has 176 valence electrons. The molecule has 2 aliphatic heterocycles. The number of allylic oxidation sites excluding steroid dienone is 2. The Morgan fingerprint density at radius 3 is 2.91 bits per heavy atom. The van der Waals surface area contributed by atoms with Gasteiger partial charge in [0.15, 0.2) is 0 Å². The molecule has 4 aliphatic rings. The Morgan fingerprint density at radius 2 is 2.09 bits per heavy atom. The number of amidine groups is 1. The van der Waals surface area contributed by atoms with Gasteiger partial charge in [-0.3, -0.25) is 19.5 Å². The maximum atomic E-state index is 12.9. The first-order valence-corrected chi connectivity index (χ1v) is 12.4. The van der Waals surface area contributed by atoms with E-state index >= 15 is 0 Å². The molecule has 0 spiro atoms. The molecular formula is C27H31N5O2. The molecule has 2 aromatic rings. The summed E-state index contributed by atoms with van der Waals surface area (Å²) in [7, 11) is 0. The molecule has 2 amide bonds. The first kappa shape index (κ1) is 21.4. The standard InChI is InChI=1S/C27H31N5O2/c1-16-25(31-24-4-2-3-9-32(24)27(16)34)26(33)29-14-18-6-8-20-13-21(30-23(20)12-18)15-28-22-11-17-5-7-19(22)10-17/h2-4,6,8-9,12-13,16-17,19,22,25,28,30H,5,7,10-11,14-15H2,1H3,(H,29,33). The summed E-state index contributed by atoms with van der Waals surface area (Å²) < 4.78 is 0. The Balaban J connectivity index is 1.09. The smallest absolute Gasteiger partial charge is 0.245 e. The molecule has 3 N–H and O–H groups in total. The second kappa shape index (κ2) is 8.55. The van der Waals surface area contributed by atoms with Gasteiger partial charge in [-0.2, -0.15) is 0 Å². The summed E-state index contributed by atoms with van der Waals surface area (Å²) in [5.41, 5.74) is 3.29. The maximum absolute atomic E-state index is 12.9. The van der Waals surface area contributed by atoms with Crippen LogP contribution in [0.2, 0.25) is 0 Å². The Kier molecular flexibility index (Phi) is 5.37. The molecule has 1 aromatic heterocycles. The fourth-order valence-corrected chi connectivity index (χ4v) is 6.09. The van der Waals surface area contributed by atoms with Gasteiger partial charge in [-0.1, -0.05) is 31.6 Å². The summed E-state index contributed by atoms with van der Waals surface area (Å²) in [5.74, 6) is 1.49. The zero-order valence-electron chi connectivity index (χ0n) is 19.5. The van der Waals surface area contributed by atoms with E-state index in [9.17, 15) is 9.59 Å². The Morgan fingerprint density at radius 1 is 1.18 bits per heavy atom. The van der Waals surface area contributed by atoms with Crippen LogP contribution in [0.5, 0.6) is 0 Å². The number of nitrogens with zero attached hydrogens (tertiary/aromatic N) is 2. The zero-order chi connectivity index (χ0) is 23.2. The molecule has 5 unspecified atom stereocenters. The molecular weight excluding hydrogens is 426 g/mol. The number of aliphatic imine (C=N–C) groups is 1. The van der Waals surface area contributed by atoms with E-state index in [-0.39, 0.29) is 11.8 Å². The van der Waals surface area contributed by atoms with Crippen LogP contribution < -0.4 is 10.6 Å². The number of amides is 2. The van der Waals surface area contributed by atoms with Crippen molar-refractivity contribution in [2.75, 3.05) is 0 Å². The van der Waals surface area contributed by atoms with Gasteiger partial charge in [0.05, 0.1) is 5.92 Å². The van der Waals surface area contributed by atoms with Crippen molar-refractivity contribution in [3.8, 4) is 0 Å². The van der Waals surface area contributed by atoms with Crippen LogP contribution in [0, 0.1) is 17.8 Å². The number of fused-ring (bicyclic) bond motifs is 4. The lowest BCUT2D eigenvalue weighted by molar-refractivity contribution is -0.135. The van der Waals surface area contributed by atoms with Crippen LogP contribution in [-0.2, 0) is 22.7 Å². The topological polar surface area (TPSA) is 89.6 Å². The van der Waals surface area contributed by atoms with Crippen molar-refractivity contribution in [1.29, 1.82) is 0 Å². The number of carbonyl (C=O) groups excluding carboxylic acids is 2. The van der Waals surface area contributed by atoms with Crippen molar-refractivity contribution in [3.63, 3.8) is 0 Å². The van der Waals surface area contributed by atoms with Gasteiger partial charge in [0.2, 0.25) is 11.8 Å². The number of hydrogen-bond acceptors (Lipinski definition) is 4. The molecule has 7 heteroatoms. The van der Waals surface area contributed by atoms with E-state index in [1.165, 1.54) is 41.7 Å². The molecule has 5 atom stereocenters. The highest BCUT2D eigenvalue weighted by atomic mass is 16.2. The van der Waals surface area contributed by atoms with E-state index in [0.29, 0.717) is 18.4 Å². The SMILES string of the molecule is CC1C(=O)N2C=CC=CC2=NC1C(=O)NCc1ccc2cc(CNC3CC4CCC3C4)[nH]c2c1. The van der Waals surface area contributed by atoms with Crippen molar-refractivity contribution < 1.29 is 9.59 Å². The average Bonchev–Trinajstić information content (AvgIpc) is 3.58. The number of benzene rings is 1. The molecule has 2 saturated carbocycles.